The summed E-state index contributed by atoms with van der Waals surface area (Å²) in [7, 11) is 0. The van der Waals surface area contributed by atoms with E-state index >= 15 is 0 Å². The Morgan fingerprint density at radius 1 is 1.00 bits per heavy atom. The molecule has 136 valence electrons. The lowest BCUT2D eigenvalue weighted by molar-refractivity contribution is -0.130. The number of halogens is 1. The molecule has 3 heterocycles. The summed E-state index contributed by atoms with van der Waals surface area (Å²) in [5.41, 5.74) is 1.32. The third-order valence-electron chi connectivity index (χ3n) is 4.61. The molecule has 1 atom stereocenters. The molecule has 9 heteroatoms. The Bertz CT molecular complexity index is 832. The van der Waals surface area contributed by atoms with E-state index in [1.807, 2.05) is 6.07 Å². The Labute approximate surface area is 155 Å². The second-order valence-corrected chi connectivity index (χ2v) is 6.07. The molecule has 0 saturated carbocycles. The number of imide groups is 2. The van der Waals surface area contributed by atoms with E-state index in [0.717, 1.165) is 37.2 Å². The summed E-state index contributed by atoms with van der Waals surface area (Å²) >= 11 is 0. The predicted octanol–water partition coefficient (Wildman–Crippen LogP) is -0.305. The summed E-state index contributed by atoms with van der Waals surface area (Å²) in [6.07, 6.45) is 2.44. The minimum Gasteiger partial charge on any atom is -0.368 e. The van der Waals surface area contributed by atoms with Gasteiger partial charge in [0.25, 0.3) is 17.7 Å². The molecule has 1 fully saturated rings. The lowest BCUT2D eigenvalue weighted by Gasteiger charge is -2.30. The van der Waals surface area contributed by atoms with E-state index in [1.165, 1.54) is 6.08 Å². The second kappa shape index (κ2) is 6.89. The number of anilines is 1. The zero-order valence-corrected chi connectivity index (χ0v) is 14.5. The van der Waals surface area contributed by atoms with Crippen LogP contribution >= 0.6 is 12.4 Å². The van der Waals surface area contributed by atoms with Gasteiger partial charge in [0.1, 0.15) is 6.04 Å². The smallest absolute Gasteiger partial charge is 0.264 e. The first kappa shape index (κ1) is 18.1. The summed E-state index contributed by atoms with van der Waals surface area (Å²) in [4.78, 5) is 52.0. The summed E-state index contributed by atoms with van der Waals surface area (Å²) in [6, 6.07) is 4.04. The zero-order valence-electron chi connectivity index (χ0n) is 13.7. The van der Waals surface area contributed by atoms with Gasteiger partial charge >= 0.3 is 0 Å². The van der Waals surface area contributed by atoms with Gasteiger partial charge in [-0.3, -0.25) is 29.4 Å². The van der Waals surface area contributed by atoms with Gasteiger partial charge in [-0.25, -0.2) is 0 Å². The van der Waals surface area contributed by atoms with Gasteiger partial charge in [-0.15, -0.1) is 12.4 Å². The summed E-state index contributed by atoms with van der Waals surface area (Å²) in [6.45, 7) is 3.06. The van der Waals surface area contributed by atoms with E-state index in [0.29, 0.717) is 16.8 Å². The van der Waals surface area contributed by atoms with Crippen molar-refractivity contribution in [1.82, 2.24) is 15.5 Å². The van der Waals surface area contributed by atoms with Crippen molar-refractivity contribution in [2.75, 3.05) is 31.1 Å². The number of carbonyl (C=O) groups excluding carboxylic acids is 4. The third kappa shape index (κ3) is 2.77. The van der Waals surface area contributed by atoms with Gasteiger partial charge in [0.2, 0.25) is 5.91 Å². The lowest BCUT2D eigenvalue weighted by Crippen LogP contribution is -2.52. The molecule has 0 spiro atoms. The zero-order chi connectivity index (χ0) is 17.6. The van der Waals surface area contributed by atoms with Crippen molar-refractivity contribution in [2.24, 2.45) is 0 Å². The Morgan fingerprint density at radius 3 is 2.42 bits per heavy atom. The number of nitrogens with zero attached hydrogens (tertiary/aromatic N) is 2. The summed E-state index contributed by atoms with van der Waals surface area (Å²) < 4.78 is 0. The van der Waals surface area contributed by atoms with Crippen LogP contribution in [0.3, 0.4) is 0 Å². The topological polar surface area (TPSA) is 98.8 Å². The number of carbonyl (C=O) groups is 4. The van der Waals surface area contributed by atoms with Gasteiger partial charge in [0, 0.05) is 32.3 Å². The first-order valence-corrected chi connectivity index (χ1v) is 8.07. The van der Waals surface area contributed by atoms with Crippen LogP contribution < -0.4 is 15.5 Å². The van der Waals surface area contributed by atoms with E-state index in [1.54, 1.807) is 12.1 Å². The largest absolute Gasteiger partial charge is 0.368 e. The predicted molar refractivity (Wildman–Crippen MR) is 95.4 cm³/mol. The highest BCUT2D eigenvalue weighted by Gasteiger charge is 2.44. The summed E-state index contributed by atoms with van der Waals surface area (Å²) in [5.74, 6) is -2.26. The van der Waals surface area contributed by atoms with Crippen LogP contribution in [-0.2, 0) is 9.59 Å². The quantitative estimate of drug-likeness (QED) is 0.687. The van der Waals surface area contributed by atoms with E-state index < -0.39 is 29.7 Å². The van der Waals surface area contributed by atoms with Crippen molar-refractivity contribution in [2.45, 2.75) is 6.04 Å². The maximum atomic E-state index is 13.0. The number of benzene rings is 1. The standard InChI is InChI=1S/C17H16N4O4.ClH/c22-13-5-4-12(15(23)19-13)21-16(24)10-2-1-3-11(14(10)17(21)25)20-8-6-18-7-9-20;/h1-5,12,18H,6-9H2,(H,19,22,23);1H. The SMILES string of the molecule is Cl.O=C1C=CC(N2C(=O)c3cccc(N4CCNCC4)c3C2=O)C(=O)N1. The number of piperazine rings is 1. The fourth-order valence-corrected chi connectivity index (χ4v) is 3.41. The van der Waals surface area contributed by atoms with Crippen LogP contribution in [0.4, 0.5) is 5.69 Å². The normalized spacial score (nSPS) is 22.2. The van der Waals surface area contributed by atoms with Crippen LogP contribution in [0.1, 0.15) is 20.7 Å². The summed E-state index contributed by atoms with van der Waals surface area (Å²) in [5, 5.41) is 5.37. The molecular weight excluding hydrogens is 360 g/mol. The van der Waals surface area contributed by atoms with Crippen LogP contribution in [0, 0.1) is 0 Å². The molecular formula is C17H17ClN4O4. The van der Waals surface area contributed by atoms with E-state index in [9.17, 15) is 19.2 Å². The first-order chi connectivity index (χ1) is 12.1. The van der Waals surface area contributed by atoms with Crippen LogP contribution in [0.15, 0.2) is 30.4 Å². The first-order valence-electron chi connectivity index (χ1n) is 8.07. The molecule has 8 nitrogen and oxygen atoms in total. The average molecular weight is 377 g/mol. The van der Waals surface area contributed by atoms with E-state index in [2.05, 4.69) is 15.5 Å². The van der Waals surface area contributed by atoms with Gasteiger partial charge in [0.05, 0.1) is 16.8 Å². The Balaban J connectivity index is 0.00000196. The molecule has 3 aliphatic rings. The van der Waals surface area contributed by atoms with Gasteiger partial charge < -0.3 is 10.2 Å². The highest BCUT2D eigenvalue weighted by molar-refractivity contribution is 6.26. The Hall–Kier alpha value is -2.71. The molecule has 0 bridgehead atoms. The van der Waals surface area contributed by atoms with Crippen LogP contribution in [0.25, 0.3) is 0 Å². The molecule has 4 amide bonds. The Morgan fingerprint density at radius 2 is 1.73 bits per heavy atom. The number of fused-ring (bicyclic) bond motifs is 1. The van der Waals surface area contributed by atoms with Gasteiger partial charge in [0.15, 0.2) is 0 Å². The molecule has 26 heavy (non-hydrogen) atoms. The number of nitrogens with one attached hydrogen (secondary N) is 2. The van der Waals surface area contributed by atoms with Crippen molar-refractivity contribution in [1.29, 1.82) is 0 Å². The molecule has 1 aromatic carbocycles. The molecule has 0 aromatic heterocycles. The van der Waals surface area contributed by atoms with Gasteiger partial charge in [-0.2, -0.15) is 0 Å². The van der Waals surface area contributed by atoms with Crippen molar-refractivity contribution < 1.29 is 19.2 Å². The maximum Gasteiger partial charge on any atom is 0.264 e. The fraction of sp³-hybridized carbons (Fsp3) is 0.294. The molecule has 1 saturated heterocycles. The van der Waals surface area contributed by atoms with Crippen molar-refractivity contribution in [3.05, 3.63) is 41.5 Å². The number of amides is 4. The maximum absolute atomic E-state index is 13.0. The molecule has 4 rings (SSSR count). The lowest BCUT2D eigenvalue weighted by atomic mass is 10.1. The number of rotatable bonds is 2. The number of hydrogen-bond acceptors (Lipinski definition) is 6. The molecule has 0 radical (unpaired) electrons. The number of hydrogen-bond donors (Lipinski definition) is 2. The van der Waals surface area contributed by atoms with E-state index in [4.69, 9.17) is 0 Å². The fourth-order valence-electron chi connectivity index (χ4n) is 3.41. The Kier molecular flexibility index (Phi) is 4.80. The van der Waals surface area contributed by atoms with Gasteiger partial charge in [-0.1, -0.05) is 6.07 Å². The van der Waals surface area contributed by atoms with Crippen molar-refractivity contribution in [3.63, 3.8) is 0 Å². The van der Waals surface area contributed by atoms with Crippen molar-refractivity contribution >= 4 is 41.7 Å². The monoisotopic (exact) mass is 376 g/mol. The van der Waals surface area contributed by atoms with Crippen LogP contribution in [0.5, 0.6) is 0 Å². The minimum absolute atomic E-state index is 0. The minimum atomic E-state index is -1.11. The highest BCUT2D eigenvalue weighted by Crippen LogP contribution is 2.33. The molecule has 0 aliphatic carbocycles. The highest BCUT2D eigenvalue weighted by atomic mass is 35.5. The molecule has 3 aliphatic heterocycles. The second-order valence-electron chi connectivity index (χ2n) is 6.07. The van der Waals surface area contributed by atoms with Crippen LogP contribution in [-0.4, -0.2) is 60.7 Å². The van der Waals surface area contributed by atoms with Crippen molar-refractivity contribution in [3.8, 4) is 0 Å². The molecule has 2 N–H and O–H groups in total. The molecule has 1 unspecified atom stereocenters. The van der Waals surface area contributed by atoms with Gasteiger partial charge in [-0.05, 0) is 18.2 Å². The van der Waals surface area contributed by atoms with Crippen LogP contribution in [0.2, 0.25) is 0 Å². The van der Waals surface area contributed by atoms with E-state index in [-0.39, 0.29) is 12.4 Å². The molecule has 1 aromatic rings. The third-order valence-corrected chi connectivity index (χ3v) is 4.61. The average Bonchev–Trinajstić information content (AvgIpc) is 2.87.